The van der Waals surface area contributed by atoms with Crippen molar-refractivity contribution in [3.05, 3.63) is 52.8 Å². The number of aliphatic hydroxyl groups is 1. The lowest BCUT2D eigenvalue weighted by Gasteiger charge is -2.33. The molecule has 5 rings (SSSR count). The van der Waals surface area contributed by atoms with Gasteiger partial charge in [-0.3, -0.25) is 4.90 Å². The molecule has 2 aliphatic rings. The summed E-state index contributed by atoms with van der Waals surface area (Å²) in [5, 5.41) is 21.4. The number of pyridine rings is 1. The summed E-state index contributed by atoms with van der Waals surface area (Å²) in [6.45, 7) is 4.71. The van der Waals surface area contributed by atoms with E-state index in [1.807, 2.05) is 25.3 Å². The van der Waals surface area contributed by atoms with Crippen molar-refractivity contribution in [2.45, 2.75) is 70.1 Å². The highest BCUT2D eigenvalue weighted by Gasteiger charge is 2.27. The van der Waals surface area contributed by atoms with E-state index >= 15 is 0 Å². The second-order valence-corrected chi connectivity index (χ2v) is 10.0. The van der Waals surface area contributed by atoms with Crippen LogP contribution in [0.1, 0.15) is 61.5 Å². The van der Waals surface area contributed by atoms with Gasteiger partial charge in [0, 0.05) is 42.3 Å². The fraction of sp³-hybridized carbons (Fsp3) is 0.520. The van der Waals surface area contributed by atoms with Gasteiger partial charge in [-0.05, 0) is 76.6 Å². The first kappa shape index (κ1) is 24.0. The van der Waals surface area contributed by atoms with E-state index in [2.05, 4.69) is 30.7 Å². The van der Waals surface area contributed by atoms with E-state index in [1.165, 1.54) is 0 Å². The Hall–Kier alpha value is -2.75. The van der Waals surface area contributed by atoms with Gasteiger partial charge >= 0.3 is 0 Å². The van der Waals surface area contributed by atoms with Crippen LogP contribution < -0.4 is 10.6 Å². The summed E-state index contributed by atoms with van der Waals surface area (Å²) in [6, 6.07) is 5.89. The van der Waals surface area contributed by atoms with Gasteiger partial charge in [0.1, 0.15) is 16.7 Å². The summed E-state index contributed by atoms with van der Waals surface area (Å²) < 4.78 is 5.22. The molecule has 1 aliphatic heterocycles. The first-order valence-corrected chi connectivity index (χ1v) is 12.7. The zero-order chi connectivity index (χ0) is 24.2. The standard InChI is InChI=1S/C25H32ClN7O2/c1-16-12-20(32-35-16)15-33-10-7-17(8-11-33)22-14-28-25(30-19-6-9-27-23(26)13-19)31-24(22)29-18-2-4-21(34)5-3-18/h6,9,12-14,17-18,21,34H,2-5,7-8,10-11,15H2,1H3,(H2,27,28,29,30,31). The van der Waals surface area contributed by atoms with Crippen LogP contribution in [0.2, 0.25) is 5.15 Å². The Morgan fingerprint density at radius 1 is 1.11 bits per heavy atom. The number of hydrogen-bond acceptors (Lipinski definition) is 9. The number of hydrogen-bond donors (Lipinski definition) is 3. The van der Waals surface area contributed by atoms with Crippen LogP contribution in [-0.2, 0) is 6.54 Å². The van der Waals surface area contributed by atoms with Gasteiger partial charge in [0.05, 0.1) is 11.8 Å². The number of nitrogens with zero attached hydrogens (tertiary/aromatic N) is 5. The zero-order valence-corrected chi connectivity index (χ0v) is 20.7. The van der Waals surface area contributed by atoms with Crippen LogP contribution in [0.15, 0.2) is 35.1 Å². The van der Waals surface area contributed by atoms with Crippen molar-refractivity contribution in [2.24, 2.45) is 0 Å². The lowest BCUT2D eigenvalue weighted by Crippen LogP contribution is -2.33. The molecular formula is C25H32ClN7O2. The Bertz CT molecular complexity index is 1120. The summed E-state index contributed by atoms with van der Waals surface area (Å²) in [5.41, 5.74) is 2.94. The lowest BCUT2D eigenvalue weighted by molar-refractivity contribution is 0.126. The third-order valence-electron chi connectivity index (χ3n) is 6.93. The van der Waals surface area contributed by atoms with Crippen molar-refractivity contribution in [3.8, 4) is 0 Å². The van der Waals surface area contributed by atoms with Crippen LogP contribution >= 0.6 is 11.6 Å². The fourth-order valence-electron chi connectivity index (χ4n) is 5.01. The molecule has 0 radical (unpaired) electrons. The van der Waals surface area contributed by atoms with Crippen LogP contribution in [0.4, 0.5) is 17.5 Å². The van der Waals surface area contributed by atoms with E-state index in [0.717, 1.165) is 86.7 Å². The third kappa shape index (κ3) is 6.28. The molecule has 1 saturated heterocycles. The van der Waals surface area contributed by atoms with E-state index in [4.69, 9.17) is 21.1 Å². The molecule has 9 nitrogen and oxygen atoms in total. The molecule has 3 aromatic heterocycles. The summed E-state index contributed by atoms with van der Waals surface area (Å²) in [6.07, 6.45) is 8.99. The monoisotopic (exact) mass is 497 g/mol. The van der Waals surface area contributed by atoms with Crippen LogP contribution in [0, 0.1) is 6.92 Å². The number of likely N-dealkylation sites (tertiary alicyclic amines) is 1. The van der Waals surface area contributed by atoms with Crippen molar-refractivity contribution in [1.29, 1.82) is 0 Å². The molecule has 4 heterocycles. The first-order chi connectivity index (χ1) is 17.0. The van der Waals surface area contributed by atoms with Crippen molar-refractivity contribution in [1.82, 2.24) is 25.0 Å². The Kier molecular flexibility index (Phi) is 7.46. The minimum Gasteiger partial charge on any atom is -0.393 e. The topological polar surface area (TPSA) is 112 Å². The minimum atomic E-state index is -0.190. The highest BCUT2D eigenvalue weighted by molar-refractivity contribution is 6.29. The maximum atomic E-state index is 9.92. The maximum Gasteiger partial charge on any atom is 0.229 e. The van der Waals surface area contributed by atoms with Gasteiger partial charge in [-0.25, -0.2) is 9.97 Å². The molecular weight excluding hydrogens is 466 g/mol. The van der Waals surface area contributed by atoms with Crippen molar-refractivity contribution < 1.29 is 9.63 Å². The zero-order valence-electron chi connectivity index (χ0n) is 20.0. The number of aromatic nitrogens is 4. The van der Waals surface area contributed by atoms with E-state index in [-0.39, 0.29) is 6.10 Å². The minimum absolute atomic E-state index is 0.190. The summed E-state index contributed by atoms with van der Waals surface area (Å²) in [4.78, 5) is 16.0. The molecule has 3 N–H and O–H groups in total. The van der Waals surface area contributed by atoms with Gasteiger partial charge in [-0.15, -0.1) is 0 Å². The molecule has 0 atom stereocenters. The van der Waals surface area contributed by atoms with Crippen molar-refractivity contribution in [3.63, 3.8) is 0 Å². The number of piperidine rings is 1. The molecule has 0 spiro atoms. The molecule has 35 heavy (non-hydrogen) atoms. The maximum absolute atomic E-state index is 9.92. The second-order valence-electron chi connectivity index (χ2n) is 9.62. The van der Waals surface area contributed by atoms with Crippen molar-refractivity contribution >= 4 is 29.1 Å². The SMILES string of the molecule is Cc1cc(CN2CCC(c3cnc(Nc4ccnc(Cl)c4)nc3NC3CCC(O)CC3)CC2)no1. The van der Waals surface area contributed by atoms with Gasteiger partial charge in [-0.2, -0.15) is 4.98 Å². The summed E-state index contributed by atoms with van der Waals surface area (Å²) >= 11 is 6.04. The van der Waals surface area contributed by atoms with E-state index in [1.54, 1.807) is 12.3 Å². The van der Waals surface area contributed by atoms with Crippen LogP contribution in [0.25, 0.3) is 0 Å². The molecule has 10 heteroatoms. The highest BCUT2D eigenvalue weighted by atomic mass is 35.5. The first-order valence-electron chi connectivity index (χ1n) is 12.4. The third-order valence-corrected chi connectivity index (χ3v) is 7.13. The number of anilines is 3. The predicted molar refractivity (Wildman–Crippen MR) is 135 cm³/mol. The Morgan fingerprint density at radius 3 is 2.63 bits per heavy atom. The Labute approximate surface area is 210 Å². The normalized spacial score (nSPS) is 21.7. The number of aliphatic hydroxyl groups excluding tert-OH is 1. The predicted octanol–water partition coefficient (Wildman–Crippen LogP) is 4.66. The largest absolute Gasteiger partial charge is 0.393 e. The Balaban J connectivity index is 1.30. The molecule has 0 unspecified atom stereocenters. The highest BCUT2D eigenvalue weighted by Crippen LogP contribution is 2.34. The van der Waals surface area contributed by atoms with E-state index in [9.17, 15) is 5.11 Å². The molecule has 0 aromatic carbocycles. The van der Waals surface area contributed by atoms with Gasteiger partial charge in [0.2, 0.25) is 5.95 Å². The van der Waals surface area contributed by atoms with Gasteiger partial charge in [-0.1, -0.05) is 16.8 Å². The summed E-state index contributed by atoms with van der Waals surface area (Å²) in [7, 11) is 0. The number of nitrogens with one attached hydrogen (secondary N) is 2. The van der Waals surface area contributed by atoms with Gasteiger partial charge < -0.3 is 20.3 Å². The molecule has 2 fully saturated rings. The van der Waals surface area contributed by atoms with Crippen LogP contribution in [0.3, 0.4) is 0 Å². The number of halogens is 1. The molecule has 0 amide bonds. The quantitative estimate of drug-likeness (QED) is 0.401. The fourth-order valence-corrected chi connectivity index (χ4v) is 5.19. The Morgan fingerprint density at radius 2 is 1.91 bits per heavy atom. The van der Waals surface area contributed by atoms with E-state index in [0.29, 0.717) is 23.1 Å². The number of rotatable bonds is 7. The average molecular weight is 498 g/mol. The smallest absolute Gasteiger partial charge is 0.229 e. The van der Waals surface area contributed by atoms with Crippen LogP contribution in [-0.4, -0.2) is 55.4 Å². The second kappa shape index (κ2) is 10.9. The van der Waals surface area contributed by atoms with Gasteiger partial charge in [0.15, 0.2) is 0 Å². The molecule has 1 saturated carbocycles. The van der Waals surface area contributed by atoms with E-state index < -0.39 is 0 Å². The van der Waals surface area contributed by atoms with Gasteiger partial charge in [0.25, 0.3) is 0 Å². The number of aryl methyl sites for hydroxylation is 1. The molecule has 186 valence electrons. The lowest BCUT2D eigenvalue weighted by atomic mass is 9.89. The van der Waals surface area contributed by atoms with Crippen molar-refractivity contribution in [2.75, 3.05) is 23.7 Å². The molecule has 3 aromatic rings. The molecule has 0 bridgehead atoms. The summed E-state index contributed by atoms with van der Waals surface area (Å²) in [5.74, 6) is 2.63. The van der Waals surface area contributed by atoms with Crippen LogP contribution in [0.5, 0.6) is 0 Å². The molecule has 1 aliphatic carbocycles. The average Bonchev–Trinajstić information content (AvgIpc) is 3.26.